The van der Waals surface area contributed by atoms with Gasteiger partial charge in [0.15, 0.2) is 0 Å². The predicted molar refractivity (Wildman–Crippen MR) is 61.7 cm³/mol. The van der Waals surface area contributed by atoms with Gasteiger partial charge >= 0.3 is 0 Å². The summed E-state index contributed by atoms with van der Waals surface area (Å²) < 4.78 is 2.01. The molecule has 2 aromatic rings. The SMILES string of the molecule is OCC#Cc1ccc(Cn2ccnc2)cc1. The smallest absolute Gasteiger partial charge is 0.104 e. The van der Waals surface area contributed by atoms with E-state index in [4.69, 9.17) is 5.11 Å². The molecule has 0 aliphatic heterocycles. The maximum Gasteiger partial charge on any atom is 0.104 e. The van der Waals surface area contributed by atoms with E-state index in [-0.39, 0.29) is 6.61 Å². The quantitative estimate of drug-likeness (QED) is 0.761. The molecule has 1 aromatic heterocycles. The summed E-state index contributed by atoms with van der Waals surface area (Å²) in [6.07, 6.45) is 5.49. The van der Waals surface area contributed by atoms with Crippen LogP contribution in [0.3, 0.4) is 0 Å². The molecule has 0 amide bonds. The van der Waals surface area contributed by atoms with Gasteiger partial charge in [-0.05, 0) is 17.7 Å². The van der Waals surface area contributed by atoms with Crippen LogP contribution >= 0.6 is 0 Å². The average molecular weight is 212 g/mol. The number of aliphatic hydroxyl groups is 1. The van der Waals surface area contributed by atoms with E-state index in [0.29, 0.717) is 0 Å². The molecule has 0 radical (unpaired) electrons. The van der Waals surface area contributed by atoms with Crippen molar-refractivity contribution in [1.29, 1.82) is 0 Å². The van der Waals surface area contributed by atoms with E-state index >= 15 is 0 Å². The molecular weight excluding hydrogens is 200 g/mol. The van der Waals surface area contributed by atoms with Crippen molar-refractivity contribution in [2.45, 2.75) is 6.54 Å². The minimum Gasteiger partial charge on any atom is -0.384 e. The normalized spacial score (nSPS) is 9.56. The molecule has 1 heterocycles. The summed E-state index contributed by atoms with van der Waals surface area (Å²) in [5.74, 6) is 5.48. The molecule has 0 fully saturated rings. The maximum absolute atomic E-state index is 8.57. The summed E-state index contributed by atoms with van der Waals surface area (Å²) in [6.45, 7) is 0.713. The largest absolute Gasteiger partial charge is 0.384 e. The number of benzene rings is 1. The fourth-order valence-corrected chi connectivity index (χ4v) is 1.43. The van der Waals surface area contributed by atoms with Crippen molar-refractivity contribution in [3.63, 3.8) is 0 Å². The molecule has 0 saturated heterocycles. The summed E-state index contributed by atoms with van der Waals surface area (Å²) >= 11 is 0. The lowest BCUT2D eigenvalue weighted by Gasteiger charge is -2.02. The van der Waals surface area contributed by atoms with E-state index in [2.05, 4.69) is 16.8 Å². The van der Waals surface area contributed by atoms with Crippen molar-refractivity contribution in [3.8, 4) is 11.8 Å². The van der Waals surface area contributed by atoms with Gasteiger partial charge in [-0.15, -0.1) is 0 Å². The third-order valence-corrected chi connectivity index (χ3v) is 2.19. The van der Waals surface area contributed by atoms with Gasteiger partial charge in [0.2, 0.25) is 0 Å². The molecule has 0 spiro atoms. The first kappa shape index (κ1) is 10.5. The molecule has 3 nitrogen and oxygen atoms in total. The van der Waals surface area contributed by atoms with Crippen molar-refractivity contribution in [1.82, 2.24) is 9.55 Å². The van der Waals surface area contributed by atoms with Gasteiger partial charge in [-0.25, -0.2) is 4.98 Å². The second-order valence-corrected chi connectivity index (χ2v) is 3.39. The van der Waals surface area contributed by atoms with Crippen LogP contribution < -0.4 is 0 Å². The lowest BCUT2D eigenvalue weighted by molar-refractivity contribution is 0.350. The highest BCUT2D eigenvalue weighted by Gasteiger charge is 1.94. The summed E-state index contributed by atoms with van der Waals surface area (Å²) in [4.78, 5) is 3.99. The first-order valence-electron chi connectivity index (χ1n) is 5.03. The first-order chi connectivity index (χ1) is 7.88. The van der Waals surface area contributed by atoms with Crippen LogP contribution in [0.25, 0.3) is 0 Å². The minimum atomic E-state index is -0.100. The van der Waals surface area contributed by atoms with E-state index in [1.165, 1.54) is 5.56 Å². The number of hydrogen-bond donors (Lipinski definition) is 1. The first-order valence-corrected chi connectivity index (χ1v) is 5.03. The van der Waals surface area contributed by atoms with Crippen molar-refractivity contribution >= 4 is 0 Å². The Morgan fingerprint density at radius 1 is 1.25 bits per heavy atom. The molecule has 2 rings (SSSR count). The number of hydrogen-bond acceptors (Lipinski definition) is 2. The third kappa shape index (κ3) is 2.72. The second-order valence-electron chi connectivity index (χ2n) is 3.39. The Morgan fingerprint density at radius 3 is 2.69 bits per heavy atom. The fourth-order valence-electron chi connectivity index (χ4n) is 1.43. The van der Waals surface area contributed by atoms with Crippen molar-refractivity contribution < 1.29 is 5.11 Å². The van der Waals surface area contributed by atoms with Crippen LogP contribution in [0.2, 0.25) is 0 Å². The number of aliphatic hydroxyl groups excluding tert-OH is 1. The standard InChI is InChI=1S/C13H12N2O/c16-9-1-2-12-3-5-13(6-4-12)10-15-8-7-14-11-15/h3-8,11,16H,9-10H2. The molecule has 3 heteroatoms. The molecule has 16 heavy (non-hydrogen) atoms. The van der Waals surface area contributed by atoms with Crippen LogP contribution in [0.4, 0.5) is 0 Å². The van der Waals surface area contributed by atoms with Gasteiger partial charge in [-0.3, -0.25) is 0 Å². The zero-order chi connectivity index (χ0) is 11.2. The Kier molecular flexibility index (Phi) is 3.37. The zero-order valence-electron chi connectivity index (χ0n) is 8.80. The van der Waals surface area contributed by atoms with Crippen LogP contribution in [-0.4, -0.2) is 21.3 Å². The minimum absolute atomic E-state index is 0.100. The van der Waals surface area contributed by atoms with E-state index in [0.717, 1.165) is 12.1 Å². The Balaban J connectivity index is 2.07. The van der Waals surface area contributed by atoms with E-state index in [9.17, 15) is 0 Å². The third-order valence-electron chi connectivity index (χ3n) is 2.19. The zero-order valence-corrected chi connectivity index (χ0v) is 8.80. The highest BCUT2D eigenvalue weighted by Crippen LogP contribution is 2.05. The van der Waals surface area contributed by atoms with Crippen molar-refractivity contribution in [2.75, 3.05) is 6.61 Å². The van der Waals surface area contributed by atoms with Gasteiger partial charge in [0, 0.05) is 24.5 Å². The highest BCUT2D eigenvalue weighted by atomic mass is 16.2. The molecule has 0 atom stereocenters. The Hall–Kier alpha value is -2.05. The molecule has 0 unspecified atom stereocenters. The summed E-state index contributed by atoms with van der Waals surface area (Å²) in [7, 11) is 0. The number of rotatable bonds is 2. The summed E-state index contributed by atoms with van der Waals surface area (Å²) in [6, 6.07) is 7.96. The fraction of sp³-hybridized carbons (Fsp3) is 0.154. The van der Waals surface area contributed by atoms with Gasteiger partial charge in [-0.2, -0.15) is 0 Å². The van der Waals surface area contributed by atoms with E-state index in [1.54, 1.807) is 12.5 Å². The van der Waals surface area contributed by atoms with Gasteiger partial charge in [-0.1, -0.05) is 24.0 Å². The Labute approximate surface area is 94.4 Å². The van der Waals surface area contributed by atoms with Gasteiger partial charge in [0.05, 0.1) is 6.33 Å². The topological polar surface area (TPSA) is 38.0 Å². The number of aromatic nitrogens is 2. The second kappa shape index (κ2) is 5.15. The van der Waals surface area contributed by atoms with Crippen LogP contribution in [0.5, 0.6) is 0 Å². The Morgan fingerprint density at radius 2 is 2.06 bits per heavy atom. The monoisotopic (exact) mass is 212 g/mol. The molecular formula is C13H12N2O. The van der Waals surface area contributed by atoms with Crippen LogP contribution in [-0.2, 0) is 6.54 Å². The van der Waals surface area contributed by atoms with Gasteiger partial charge in [0.1, 0.15) is 6.61 Å². The van der Waals surface area contributed by atoms with Crippen LogP contribution in [0.15, 0.2) is 43.0 Å². The molecule has 0 saturated carbocycles. The lowest BCUT2D eigenvalue weighted by atomic mass is 10.1. The summed E-state index contributed by atoms with van der Waals surface area (Å²) in [5, 5.41) is 8.57. The molecule has 1 aromatic carbocycles. The molecule has 0 bridgehead atoms. The molecule has 1 N–H and O–H groups in total. The predicted octanol–water partition coefficient (Wildman–Crippen LogP) is 1.28. The average Bonchev–Trinajstić information content (AvgIpc) is 2.81. The molecule has 0 aliphatic carbocycles. The van der Waals surface area contributed by atoms with Crippen LogP contribution in [0, 0.1) is 11.8 Å². The van der Waals surface area contributed by atoms with Crippen LogP contribution in [0.1, 0.15) is 11.1 Å². The van der Waals surface area contributed by atoms with Gasteiger partial charge in [0.25, 0.3) is 0 Å². The molecule has 80 valence electrons. The van der Waals surface area contributed by atoms with Crippen molar-refractivity contribution in [2.24, 2.45) is 0 Å². The Bertz CT molecular complexity index is 489. The highest BCUT2D eigenvalue weighted by molar-refractivity contribution is 5.36. The van der Waals surface area contributed by atoms with E-state index in [1.807, 2.05) is 35.0 Å². The van der Waals surface area contributed by atoms with Gasteiger partial charge < -0.3 is 9.67 Å². The number of imidazole rings is 1. The number of nitrogens with zero attached hydrogens (tertiary/aromatic N) is 2. The lowest BCUT2D eigenvalue weighted by Crippen LogP contribution is -1.95. The summed E-state index contributed by atoms with van der Waals surface area (Å²) in [5.41, 5.74) is 2.12. The van der Waals surface area contributed by atoms with E-state index < -0.39 is 0 Å². The maximum atomic E-state index is 8.57. The van der Waals surface area contributed by atoms with Crippen molar-refractivity contribution in [3.05, 3.63) is 54.1 Å². The molecule has 0 aliphatic rings.